The predicted molar refractivity (Wildman–Crippen MR) is 95.5 cm³/mol. The van der Waals surface area contributed by atoms with Crippen LogP contribution >= 0.6 is 0 Å². The molecule has 1 aliphatic carbocycles. The van der Waals surface area contributed by atoms with Gasteiger partial charge in [0.1, 0.15) is 0 Å². The van der Waals surface area contributed by atoms with Crippen LogP contribution in [0.25, 0.3) is 0 Å². The molecule has 24 heavy (non-hydrogen) atoms. The third-order valence-corrected chi connectivity index (χ3v) is 5.90. The summed E-state index contributed by atoms with van der Waals surface area (Å²) in [6.07, 6.45) is 5.77. The van der Waals surface area contributed by atoms with Crippen molar-refractivity contribution in [2.75, 3.05) is 13.1 Å². The van der Waals surface area contributed by atoms with E-state index in [1.165, 1.54) is 12.1 Å². The average Bonchev–Trinajstić information content (AvgIpc) is 3.06. The van der Waals surface area contributed by atoms with Gasteiger partial charge in [-0.05, 0) is 49.9 Å². The predicted octanol–water partition coefficient (Wildman–Crippen LogP) is 3.17. The minimum atomic E-state index is -3.50. The standard InChI is InChI=1S/C18H28N2O3S/c1-3-13-20(14-4-2)18(21)15-9-11-17(12-10-15)24(22,23)19-16-7-5-6-8-16/h9-12,16,19H,3-8,13-14H2,1-2H3. The molecule has 1 saturated carbocycles. The van der Waals surface area contributed by atoms with E-state index in [-0.39, 0.29) is 16.8 Å². The van der Waals surface area contributed by atoms with Crippen LogP contribution in [0.3, 0.4) is 0 Å². The van der Waals surface area contributed by atoms with Gasteiger partial charge < -0.3 is 4.90 Å². The van der Waals surface area contributed by atoms with Crippen LogP contribution in [0.1, 0.15) is 62.7 Å². The number of rotatable bonds is 8. The maximum absolute atomic E-state index is 12.5. The molecule has 1 N–H and O–H groups in total. The lowest BCUT2D eigenvalue weighted by molar-refractivity contribution is 0.0755. The van der Waals surface area contributed by atoms with Crippen molar-refractivity contribution in [3.8, 4) is 0 Å². The second-order valence-corrected chi connectivity index (χ2v) is 8.13. The molecule has 0 aromatic heterocycles. The smallest absolute Gasteiger partial charge is 0.253 e. The lowest BCUT2D eigenvalue weighted by atomic mass is 10.2. The number of hydrogen-bond acceptors (Lipinski definition) is 3. The highest BCUT2D eigenvalue weighted by Crippen LogP contribution is 2.21. The highest BCUT2D eigenvalue weighted by atomic mass is 32.2. The van der Waals surface area contributed by atoms with Crippen LogP contribution in [-0.4, -0.2) is 38.4 Å². The van der Waals surface area contributed by atoms with E-state index < -0.39 is 10.0 Å². The van der Waals surface area contributed by atoms with Crippen LogP contribution < -0.4 is 4.72 Å². The molecule has 0 bridgehead atoms. The van der Waals surface area contributed by atoms with Crippen LogP contribution in [0.5, 0.6) is 0 Å². The van der Waals surface area contributed by atoms with Gasteiger partial charge in [0.05, 0.1) is 4.90 Å². The summed E-state index contributed by atoms with van der Waals surface area (Å²) in [4.78, 5) is 14.6. The summed E-state index contributed by atoms with van der Waals surface area (Å²) >= 11 is 0. The third kappa shape index (κ3) is 4.80. The van der Waals surface area contributed by atoms with Crippen LogP contribution in [-0.2, 0) is 10.0 Å². The summed E-state index contributed by atoms with van der Waals surface area (Å²) in [6, 6.07) is 6.33. The van der Waals surface area contributed by atoms with Crippen LogP contribution in [0.15, 0.2) is 29.2 Å². The maximum atomic E-state index is 12.5. The molecule has 1 aliphatic rings. The number of carbonyl (C=O) groups excluding carboxylic acids is 1. The molecule has 1 aromatic carbocycles. The molecule has 1 aromatic rings. The zero-order chi connectivity index (χ0) is 17.6. The maximum Gasteiger partial charge on any atom is 0.253 e. The van der Waals surface area contributed by atoms with Crippen LogP contribution in [0.2, 0.25) is 0 Å². The number of sulfonamides is 1. The number of amides is 1. The first-order valence-corrected chi connectivity index (χ1v) is 10.4. The molecular formula is C18H28N2O3S. The van der Waals surface area contributed by atoms with Gasteiger partial charge in [0.2, 0.25) is 10.0 Å². The Hall–Kier alpha value is -1.40. The lowest BCUT2D eigenvalue weighted by Crippen LogP contribution is -2.33. The number of nitrogens with zero attached hydrogens (tertiary/aromatic N) is 1. The second-order valence-electron chi connectivity index (χ2n) is 6.42. The SMILES string of the molecule is CCCN(CCC)C(=O)c1ccc(S(=O)(=O)NC2CCCC2)cc1. The Bertz CT molecular complexity index is 629. The highest BCUT2D eigenvalue weighted by Gasteiger charge is 2.23. The second kappa shape index (κ2) is 8.62. The molecule has 0 saturated heterocycles. The van der Waals surface area contributed by atoms with Crippen LogP contribution in [0.4, 0.5) is 0 Å². The van der Waals surface area contributed by atoms with Crippen molar-refractivity contribution in [2.24, 2.45) is 0 Å². The van der Waals surface area contributed by atoms with Crippen LogP contribution in [0, 0.1) is 0 Å². The molecule has 134 valence electrons. The van der Waals surface area contributed by atoms with E-state index in [1.807, 2.05) is 18.7 Å². The summed E-state index contributed by atoms with van der Waals surface area (Å²) in [5.74, 6) is -0.0357. The first kappa shape index (κ1) is 18.9. The molecule has 0 spiro atoms. The Labute approximate surface area is 145 Å². The van der Waals surface area contributed by atoms with Gasteiger partial charge in [-0.25, -0.2) is 13.1 Å². The van der Waals surface area contributed by atoms with E-state index in [0.717, 1.165) is 51.6 Å². The van der Waals surface area contributed by atoms with E-state index >= 15 is 0 Å². The quantitative estimate of drug-likeness (QED) is 0.781. The number of benzene rings is 1. The van der Waals surface area contributed by atoms with Crippen molar-refractivity contribution >= 4 is 15.9 Å². The summed E-state index contributed by atoms with van der Waals surface area (Å²) < 4.78 is 27.6. The number of hydrogen-bond donors (Lipinski definition) is 1. The van der Waals surface area contributed by atoms with E-state index in [1.54, 1.807) is 12.1 Å². The van der Waals surface area contributed by atoms with Gasteiger partial charge in [0, 0.05) is 24.7 Å². The molecular weight excluding hydrogens is 324 g/mol. The minimum absolute atomic E-state index is 0.0357. The molecule has 0 atom stereocenters. The Morgan fingerprint density at radius 3 is 2.12 bits per heavy atom. The average molecular weight is 353 g/mol. The molecule has 6 heteroatoms. The van der Waals surface area contributed by atoms with Gasteiger partial charge in [-0.1, -0.05) is 26.7 Å². The largest absolute Gasteiger partial charge is 0.339 e. The van der Waals surface area contributed by atoms with Gasteiger partial charge >= 0.3 is 0 Å². The fourth-order valence-corrected chi connectivity index (χ4v) is 4.45. The Kier molecular flexibility index (Phi) is 6.80. The topological polar surface area (TPSA) is 66.5 Å². The van der Waals surface area contributed by atoms with Gasteiger partial charge in [-0.2, -0.15) is 0 Å². The lowest BCUT2D eigenvalue weighted by Gasteiger charge is -2.21. The van der Waals surface area contributed by atoms with Gasteiger partial charge in [0.25, 0.3) is 5.91 Å². The van der Waals surface area contributed by atoms with Crippen molar-refractivity contribution in [3.05, 3.63) is 29.8 Å². The molecule has 0 radical (unpaired) electrons. The van der Waals surface area contributed by atoms with Gasteiger partial charge in [-0.3, -0.25) is 4.79 Å². The molecule has 1 amide bonds. The Morgan fingerprint density at radius 1 is 1.08 bits per heavy atom. The molecule has 2 rings (SSSR count). The number of nitrogens with one attached hydrogen (secondary N) is 1. The first-order chi connectivity index (χ1) is 11.5. The van der Waals surface area contributed by atoms with E-state index in [2.05, 4.69) is 4.72 Å². The minimum Gasteiger partial charge on any atom is -0.339 e. The Balaban J connectivity index is 2.09. The van der Waals surface area contributed by atoms with Crippen molar-refractivity contribution < 1.29 is 13.2 Å². The summed E-state index contributed by atoms with van der Waals surface area (Å²) in [5, 5.41) is 0. The monoisotopic (exact) mass is 352 g/mol. The molecule has 1 fully saturated rings. The van der Waals surface area contributed by atoms with E-state index in [0.29, 0.717) is 5.56 Å². The third-order valence-electron chi connectivity index (χ3n) is 4.36. The van der Waals surface area contributed by atoms with Crippen molar-refractivity contribution in [3.63, 3.8) is 0 Å². The zero-order valence-corrected chi connectivity index (χ0v) is 15.4. The molecule has 0 heterocycles. The van der Waals surface area contributed by atoms with Gasteiger partial charge in [0.15, 0.2) is 0 Å². The molecule has 5 nitrogen and oxygen atoms in total. The van der Waals surface area contributed by atoms with E-state index in [9.17, 15) is 13.2 Å². The summed E-state index contributed by atoms with van der Waals surface area (Å²) in [5.41, 5.74) is 0.539. The highest BCUT2D eigenvalue weighted by molar-refractivity contribution is 7.89. The molecule has 0 aliphatic heterocycles. The summed E-state index contributed by atoms with van der Waals surface area (Å²) in [6.45, 7) is 5.52. The first-order valence-electron chi connectivity index (χ1n) is 8.89. The normalized spacial score (nSPS) is 15.6. The molecule has 0 unspecified atom stereocenters. The van der Waals surface area contributed by atoms with E-state index in [4.69, 9.17) is 0 Å². The zero-order valence-electron chi connectivity index (χ0n) is 14.6. The van der Waals surface area contributed by atoms with Gasteiger partial charge in [-0.15, -0.1) is 0 Å². The Morgan fingerprint density at radius 2 is 1.62 bits per heavy atom. The number of carbonyl (C=O) groups is 1. The van der Waals surface area contributed by atoms with Crippen molar-refractivity contribution in [1.29, 1.82) is 0 Å². The van der Waals surface area contributed by atoms with Crippen molar-refractivity contribution in [1.82, 2.24) is 9.62 Å². The summed E-state index contributed by atoms with van der Waals surface area (Å²) in [7, 11) is -3.50. The fourth-order valence-electron chi connectivity index (χ4n) is 3.15. The van der Waals surface area contributed by atoms with Crippen molar-refractivity contribution in [2.45, 2.75) is 63.3 Å². The fraction of sp³-hybridized carbons (Fsp3) is 0.611.